The number of aromatic nitrogens is 2. The molecule has 0 saturated carbocycles. The number of para-hydroxylation sites is 2. The summed E-state index contributed by atoms with van der Waals surface area (Å²) in [6.45, 7) is 2.74. The van der Waals surface area contributed by atoms with Gasteiger partial charge in [-0.1, -0.05) is 43.3 Å². The first kappa shape index (κ1) is 26.8. The predicted octanol–water partition coefficient (Wildman–Crippen LogP) is 7.17. The summed E-state index contributed by atoms with van der Waals surface area (Å²) in [5, 5.41) is 11.2. The third kappa shape index (κ3) is 5.45. The average molecular weight is 555 g/mol. The molecule has 0 spiro atoms. The molecule has 5 aromatic rings. The van der Waals surface area contributed by atoms with Gasteiger partial charge in [0.1, 0.15) is 17.2 Å². The minimum Gasteiger partial charge on any atom is -0.497 e. The summed E-state index contributed by atoms with van der Waals surface area (Å²) < 4.78 is 13.0. The maximum Gasteiger partial charge on any atom is 0.281 e. The first-order valence-corrected chi connectivity index (χ1v) is 13.9. The number of benzene rings is 4. The third-order valence-corrected chi connectivity index (χ3v) is 6.91. The second-order valence-electron chi connectivity index (χ2n) is 9.77. The monoisotopic (exact) mass is 554 g/mol. The van der Waals surface area contributed by atoms with Gasteiger partial charge in [0.15, 0.2) is 0 Å². The molecule has 4 aromatic carbocycles. The van der Waals surface area contributed by atoms with Crippen LogP contribution >= 0.6 is 0 Å². The van der Waals surface area contributed by atoms with Crippen molar-refractivity contribution in [1.29, 1.82) is 0 Å². The molecular weight excluding hydrogens is 524 g/mol. The summed E-state index contributed by atoms with van der Waals surface area (Å²) in [7, 11) is 1.63. The van der Waals surface area contributed by atoms with Crippen LogP contribution in [0.25, 0.3) is 23.0 Å². The molecule has 0 radical (unpaired) electrons. The molecule has 1 amide bonds. The maximum absolute atomic E-state index is 14.0. The number of carbonyl (C=O) groups is 1. The molecule has 0 bridgehead atoms. The van der Waals surface area contributed by atoms with Crippen LogP contribution in [0.4, 0.5) is 5.69 Å². The minimum absolute atomic E-state index is 0.214. The Bertz CT molecular complexity index is 1740. The first-order valence-electron chi connectivity index (χ1n) is 13.9. The molecule has 42 heavy (non-hydrogen) atoms. The van der Waals surface area contributed by atoms with E-state index in [9.17, 15) is 4.79 Å². The van der Waals surface area contributed by atoms with E-state index in [1.807, 2.05) is 126 Å². The standard InChI is InChI=1S/C35H30N4O3/c1-3-22-42-31-20-16-25(17-21-31)33-27(24-38(36-33)28-10-6-4-7-11-28)23-32-34(26-14-18-30(41-2)19-15-26)37-39(35(32)40)29-12-8-5-9-13-29/h4-21,23-24H,3,22H2,1-2H3. The number of rotatable bonds is 9. The van der Waals surface area contributed by atoms with Crippen LogP contribution in [0, 0.1) is 0 Å². The SMILES string of the molecule is CCCOc1ccc(-c2nn(-c3ccccc3)cc2C=C2C(=O)N(c3ccccc3)N=C2c2ccc(OC)cc2)cc1. The number of anilines is 1. The summed E-state index contributed by atoms with van der Waals surface area (Å²) in [6.07, 6.45) is 4.77. The zero-order valence-corrected chi connectivity index (χ0v) is 23.5. The Morgan fingerprint density at radius 1 is 0.762 bits per heavy atom. The van der Waals surface area contributed by atoms with E-state index in [-0.39, 0.29) is 5.91 Å². The van der Waals surface area contributed by atoms with E-state index in [1.54, 1.807) is 7.11 Å². The lowest BCUT2D eigenvalue weighted by Crippen LogP contribution is -2.21. The summed E-state index contributed by atoms with van der Waals surface area (Å²) >= 11 is 0. The Hall–Kier alpha value is -5.43. The number of hydrazone groups is 1. The average Bonchev–Trinajstić information content (AvgIpc) is 3.62. The summed E-state index contributed by atoms with van der Waals surface area (Å²) in [5.74, 6) is 1.32. The molecule has 208 valence electrons. The molecule has 0 aliphatic carbocycles. The number of hydrogen-bond acceptors (Lipinski definition) is 5. The number of ether oxygens (including phenoxy) is 2. The Kier molecular flexibility index (Phi) is 7.64. The predicted molar refractivity (Wildman–Crippen MR) is 166 cm³/mol. The lowest BCUT2D eigenvalue weighted by molar-refractivity contribution is -0.114. The second kappa shape index (κ2) is 12.0. The maximum atomic E-state index is 14.0. The molecule has 7 nitrogen and oxygen atoms in total. The van der Waals surface area contributed by atoms with Crippen molar-refractivity contribution in [2.45, 2.75) is 13.3 Å². The molecule has 1 aromatic heterocycles. The Balaban J connectivity index is 1.48. The quantitative estimate of drug-likeness (QED) is 0.181. The molecule has 0 unspecified atom stereocenters. The lowest BCUT2D eigenvalue weighted by Gasteiger charge is -2.10. The number of carbonyl (C=O) groups excluding carboxylic acids is 1. The van der Waals surface area contributed by atoms with Crippen molar-refractivity contribution in [2.24, 2.45) is 5.10 Å². The number of amides is 1. The fraction of sp³-hybridized carbons (Fsp3) is 0.114. The molecule has 0 N–H and O–H groups in total. The van der Waals surface area contributed by atoms with E-state index in [1.165, 1.54) is 5.01 Å². The number of nitrogens with zero attached hydrogens (tertiary/aromatic N) is 4. The van der Waals surface area contributed by atoms with Gasteiger partial charge in [-0.05, 0) is 85.3 Å². The van der Waals surface area contributed by atoms with E-state index >= 15 is 0 Å². The Morgan fingerprint density at radius 2 is 1.38 bits per heavy atom. The largest absolute Gasteiger partial charge is 0.497 e. The van der Waals surface area contributed by atoms with Crippen LogP contribution in [-0.4, -0.2) is 35.1 Å². The van der Waals surface area contributed by atoms with Crippen molar-refractivity contribution in [1.82, 2.24) is 9.78 Å². The van der Waals surface area contributed by atoms with Crippen molar-refractivity contribution >= 4 is 23.4 Å². The van der Waals surface area contributed by atoms with Crippen LogP contribution in [0.1, 0.15) is 24.5 Å². The molecular formula is C35H30N4O3. The lowest BCUT2D eigenvalue weighted by atomic mass is 9.99. The van der Waals surface area contributed by atoms with Gasteiger partial charge >= 0.3 is 0 Å². The van der Waals surface area contributed by atoms with Gasteiger partial charge in [0.25, 0.3) is 5.91 Å². The molecule has 0 saturated heterocycles. The highest BCUT2D eigenvalue weighted by molar-refractivity contribution is 6.37. The third-order valence-electron chi connectivity index (χ3n) is 6.91. The molecule has 2 heterocycles. The van der Waals surface area contributed by atoms with Gasteiger partial charge in [0.05, 0.1) is 36.4 Å². The van der Waals surface area contributed by atoms with Crippen molar-refractivity contribution < 1.29 is 14.3 Å². The topological polar surface area (TPSA) is 69.0 Å². The van der Waals surface area contributed by atoms with Gasteiger partial charge < -0.3 is 9.47 Å². The fourth-order valence-corrected chi connectivity index (χ4v) is 4.77. The van der Waals surface area contributed by atoms with Crippen LogP contribution in [0.3, 0.4) is 0 Å². The first-order chi connectivity index (χ1) is 20.6. The highest BCUT2D eigenvalue weighted by Gasteiger charge is 2.32. The van der Waals surface area contributed by atoms with Crippen LogP contribution in [0.5, 0.6) is 11.5 Å². The molecule has 1 aliphatic heterocycles. The van der Waals surface area contributed by atoms with Gasteiger partial charge in [-0.15, -0.1) is 0 Å². The van der Waals surface area contributed by atoms with Crippen molar-refractivity contribution in [3.63, 3.8) is 0 Å². The summed E-state index contributed by atoms with van der Waals surface area (Å²) in [4.78, 5) is 14.0. The van der Waals surface area contributed by atoms with E-state index in [4.69, 9.17) is 19.7 Å². The van der Waals surface area contributed by atoms with E-state index in [2.05, 4.69) is 6.92 Å². The van der Waals surface area contributed by atoms with E-state index in [0.29, 0.717) is 23.6 Å². The summed E-state index contributed by atoms with van der Waals surface area (Å²) in [6, 6.07) is 34.8. The van der Waals surface area contributed by atoms with Crippen LogP contribution < -0.4 is 14.5 Å². The molecule has 6 rings (SSSR count). The second-order valence-corrected chi connectivity index (χ2v) is 9.77. The van der Waals surface area contributed by atoms with E-state index < -0.39 is 0 Å². The zero-order valence-electron chi connectivity index (χ0n) is 23.5. The normalized spacial score (nSPS) is 13.9. The summed E-state index contributed by atoms with van der Waals surface area (Å²) in [5.41, 5.74) is 5.92. The Labute approximate surface area is 245 Å². The van der Waals surface area contributed by atoms with Crippen LogP contribution in [0.2, 0.25) is 0 Å². The fourth-order valence-electron chi connectivity index (χ4n) is 4.77. The van der Waals surface area contributed by atoms with Crippen LogP contribution in [-0.2, 0) is 4.79 Å². The van der Waals surface area contributed by atoms with Gasteiger partial charge in [-0.2, -0.15) is 15.2 Å². The zero-order chi connectivity index (χ0) is 28.9. The van der Waals surface area contributed by atoms with Gasteiger partial charge in [0, 0.05) is 22.9 Å². The Morgan fingerprint density at radius 3 is 2.02 bits per heavy atom. The number of methoxy groups -OCH3 is 1. The molecule has 1 aliphatic rings. The van der Waals surface area contributed by atoms with Crippen molar-refractivity contribution in [2.75, 3.05) is 18.7 Å². The minimum atomic E-state index is -0.214. The van der Waals surface area contributed by atoms with E-state index in [0.717, 1.165) is 46.0 Å². The van der Waals surface area contributed by atoms with Gasteiger partial charge in [-0.3, -0.25) is 4.79 Å². The smallest absolute Gasteiger partial charge is 0.281 e. The van der Waals surface area contributed by atoms with Gasteiger partial charge in [-0.25, -0.2) is 4.68 Å². The van der Waals surface area contributed by atoms with Crippen molar-refractivity contribution in [3.05, 3.63) is 132 Å². The van der Waals surface area contributed by atoms with Crippen molar-refractivity contribution in [3.8, 4) is 28.4 Å². The van der Waals surface area contributed by atoms with Crippen LogP contribution in [0.15, 0.2) is 126 Å². The molecule has 0 atom stereocenters. The molecule has 7 heteroatoms. The van der Waals surface area contributed by atoms with Gasteiger partial charge in [0.2, 0.25) is 0 Å². The number of hydrogen-bond donors (Lipinski definition) is 0. The molecule has 0 fully saturated rings. The highest BCUT2D eigenvalue weighted by Crippen LogP contribution is 2.32. The highest BCUT2D eigenvalue weighted by atomic mass is 16.5.